The van der Waals surface area contributed by atoms with Crippen LogP contribution in [0.15, 0.2) is 52.8 Å². The van der Waals surface area contributed by atoms with Gasteiger partial charge in [-0.1, -0.05) is 26.0 Å². The highest BCUT2D eigenvalue weighted by atomic mass is 19.1. The van der Waals surface area contributed by atoms with E-state index in [-0.39, 0.29) is 11.5 Å². The maximum absolute atomic E-state index is 13.1. The molecular formula is C19H18FN2O5-. The van der Waals surface area contributed by atoms with Crippen molar-refractivity contribution >= 4 is 23.9 Å². The van der Waals surface area contributed by atoms with Gasteiger partial charge in [-0.25, -0.2) is 4.39 Å². The summed E-state index contributed by atoms with van der Waals surface area (Å²) in [6.07, 6.45) is 2.59. The summed E-state index contributed by atoms with van der Waals surface area (Å²) >= 11 is 0. The lowest BCUT2D eigenvalue weighted by molar-refractivity contribution is -0.309. The zero-order valence-electron chi connectivity index (χ0n) is 14.7. The second kappa shape index (κ2) is 8.79. The van der Waals surface area contributed by atoms with Crippen LogP contribution in [0.3, 0.4) is 0 Å². The molecular weight excluding hydrogens is 355 g/mol. The molecule has 0 saturated heterocycles. The van der Waals surface area contributed by atoms with Crippen molar-refractivity contribution in [2.24, 2.45) is 5.92 Å². The zero-order chi connectivity index (χ0) is 20.0. The van der Waals surface area contributed by atoms with Gasteiger partial charge in [0.2, 0.25) is 0 Å². The first-order chi connectivity index (χ1) is 12.8. The Morgan fingerprint density at radius 3 is 2.33 bits per heavy atom. The quantitative estimate of drug-likeness (QED) is 0.706. The lowest BCUT2D eigenvalue weighted by Crippen LogP contribution is -2.52. The molecule has 0 fully saturated rings. The summed E-state index contributed by atoms with van der Waals surface area (Å²) in [6, 6.07) is 6.83. The van der Waals surface area contributed by atoms with Crippen LogP contribution in [0.25, 0.3) is 6.08 Å². The van der Waals surface area contributed by atoms with Crippen molar-refractivity contribution < 1.29 is 28.3 Å². The Morgan fingerprint density at radius 1 is 1.15 bits per heavy atom. The molecule has 2 N–H and O–H groups in total. The number of hydrogen-bond donors (Lipinski definition) is 2. The summed E-state index contributed by atoms with van der Waals surface area (Å²) in [5, 5.41) is 15.9. The molecule has 142 valence electrons. The highest BCUT2D eigenvalue weighted by Gasteiger charge is 2.22. The second-order valence-electron chi connectivity index (χ2n) is 6.06. The number of halogens is 1. The molecule has 1 heterocycles. The second-order valence-corrected chi connectivity index (χ2v) is 6.06. The van der Waals surface area contributed by atoms with Gasteiger partial charge >= 0.3 is 0 Å². The third-order valence-electron chi connectivity index (χ3n) is 3.63. The van der Waals surface area contributed by atoms with E-state index in [1.807, 2.05) is 0 Å². The summed E-state index contributed by atoms with van der Waals surface area (Å²) in [5.41, 5.74) is 0.200. The molecule has 27 heavy (non-hydrogen) atoms. The number of aliphatic carboxylic acids is 1. The van der Waals surface area contributed by atoms with Gasteiger partial charge in [-0.05, 0) is 41.8 Å². The number of benzene rings is 1. The minimum Gasteiger partial charge on any atom is -0.548 e. The lowest BCUT2D eigenvalue weighted by atomic mass is 10.0. The van der Waals surface area contributed by atoms with Crippen LogP contribution in [-0.4, -0.2) is 23.8 Å². The molecule has 0 saturated carbocycles. The van der Waals surface area contributed by atoms with E-state index in [4.69, 9.17) is 4.42 Å². The fraction of sp³-hybridized carbons (Fsp3) is 0.211. The van der Waals surface area contributed by atoms with E-state index in [0.29, 0.717) is 5.56 Å². The Labute approximate surface area is 154 Å². The van der Waals surface area contributed by atoms with Crippen LogP contribution in [0, 0.1) is 11.7 Å². The zero-order valence-corrected chi connectivity index (χ0v) is 14.7. The van der Waals surface area contributed by atoms with E-state index in [0.717, 1.165) is 0 Å². The van der Waals surface area contributed by atoms with Crippen molar-refractivity contribution in [1.82, 2.24) is 10.6 Å². The molecule has 0 bridgehead atoms. The monoisotopic (exact) mass is 373 g/mol. The summed E-state index contributed by atoms with van der Waals surface area (Å²) in [5.74, 6) is -3.91. The average Bonchev–Trinajstić information content (AvgIpc) is 3.14. The molecule has 8 heteroatoms. The summed E-state index contributed by atoms with van der Waals surface area (Å²) in [7, 11) is 0. The van der Waals surface area contributed by atoms with Gasteiger partial charge in [0, 0.05) is 0 Å². The van der Waals surface area contributed by atoms with Gasteiger partial charge < -0.3 is 25.0 Å². The first-order valence-electron chi connectivity index (χ1n) is 8.11. The highest BCUT2D eigenvalue weighted by Crippen LogP contribution is 2.10. The van der Waals surface area contributed by atoms with Crippen LogP contribution in [0.4, 0.5) is 4.39 Å². The lowest BCUT2D eigenvalue weighted by Gasteiger charge is -2.24. The van der Waals surface area contributed by atoms with Crippen molar-refractivity contribution in [2.45, 2.75) is 19.9 Å². The summed E-state index contributed by atoms with van der Waals surface area (Å²) in [6.45, 7) is 3.21. The van der Waals surface area contributed by atoms with E-state index in [9.17, 15) is 23.9 Å². The Bertz CT molecular complexity index is 841. The molecule has 7 nitrogen and oxygen atoms in total. The molecule has 1 aromatic carbocycles. The molecule has 2 amide bonds. The Kier molecular flexibility index (Phi) is 6.48. The Morgan fingerprint density at radius 2 is 1.81 bits per heavy atom. The van der Waals surface area contributed by atoms with Gasteiger partial charge in [-0.2, -0.15) is 0 Å². The number of nitrogens with one attached hydrogen (secondary N) is 2. The molecule has 2 aromatic rings. The molecule has 2 rings (SSSR count). The topological polar surface area (TPSA) is 111 Å². The SMILES string of the molecule is CC(C)[C@H](NC(=O)/C(=C\c1ccc(F)cc1)NC(=O)c1ccco1)C(=O)[O-]. The van der Waals surface area contributed by atoms with Crippen molar-refractivity contribution in [3.8, 4) is 0 Å². The van der Waals surface area contributed by atoms with Crippen LogP contribution < -0.4 is 15.7 Å². The molecule has 0 aliphatic rings. The van der Waals surface area contributed by atoms with Crippen LogP contribution >= 0.6 is 0 Å². The largest absolute Gasteiger partial charge is 0.548 e. The van der Waals surface area contributed by atoms with E-state index >= 15 is 0 Å². The molecule has 1 atom stereocenters. The van der Waals surface area contributed by atoms with Gasteiger partial charge in [0.05, 0.1) is 18.3 Å². The van der Waals surface area contributed by atoms with Crippen LogP contribution in [0.2, 0.25) is 0 Å². The third kappa shape index (κ3) is 5.53. The third-order valence-corrected chi connectivity index (χ3v) is 3.63. The summed E-state index contributed by atoms with van der Waals surface area (Å²) < 4.78 is 18.0. The van der Waals surface area contributed by atoms with Gasteiger partial charge in [-0.15, -0.1) is 0 Å². The Hall–Kier alpha value is -3.42. The number of rotatable bonds is 7. The first kappa shape index (κ1) is 19.9. The highest BCUT2D eigenvalue weighted by molar-refractivity contribution is 6.05. The van der Waals surface area contributed by atoms with E-state index in [1.54, 1.807) is 13.8 Å². The molecule has 0 spiro atoms. The number of carboxylic acid groups (broad SMARTS) is 1. The average molecular weight is 373 g/mol. The maximum atomic E-state index is 13.1. The van der Waals surface area contributed by atoms with Gasteiger partial charge in [-0.3, -0.25) is 9.59 Å². The van der Waals surface area contributed by atoms with E-state index < -0.39 is 35.6 Å². The van der Waals surface area contributed by atoms with Crippen LogP contribution in [-0.2, 0) is 9.59 Å². The minimum absolute atomic E-state index is 0.0342. The van der Waals surface area contributed by atoms with Gasteiger partial charge in [0.25, 0.3) is 11.8 Å². The number of carbonyl (C=O) groups excluding carboxylic acids is 3. The van der Waals surface area contributed by atoms with Gasteiger partial charge in [0.1, 0.15) is 11.5 Å². The number of amides is 2. The number of carbonyl (C=O) groups is 3. The molecule has 0 aliphatic heterocycles. The van der Waals surface area contributed by atoms with E-state index in [1.165, 1.54) is 48.7 Å². The number of furan rings is 1. The fourth-order valence-corrected chi connectivity index (χ4v) is 2.19. The van der Waals surface area contributed by atoms with Crippen LogP contribution in [0.5, 0.6) is 0 Å². The predicted molar refractivity (Wildman–Crippen MR) is 92.3 cm³/mol. The van der Waals surface area contributed by atoms with Crippen molar-refractivity contribution in [3.63, 3.8) is 0 Å². The normalized spacial score (nSPS) is 12.5. The number of hydrogen-bond acceptors (Lipinski definition) is 5. The van der Waals surface area contributed by atoms with E-state index in [2.05, 4.69) is 10.6 Å². The first-order valence-corrected chi connectivity index (χ1v) is 8.11. The van der Waals surface area contributed by atoms with Crippen LogP contribution in [0.1, 0.15) is 30.0 Å². The Balaban J connectivity index is 2.30. The maximum Gasteiger partial charge on any atom is 0.291 e. The standard InChI is InChI=1S/C19H19FN2O5/c1-11(2)16(19(25)26)22-17(23)14(10-12-5-7-13(20)8-6-12)21-18(24)15-4-3-9-27-15/h3-11,16H,1-2H3,(H,21,24)(H,22,23)(H,25,26)/p-1/b14-10+/t16-/m0/s1. The fourth-order valence-electron chi connectivity index (χ4n) is 2.19. The van der Waals surface area contributed by atoms with Crippen molar-refractivity contribution in [2.75, 3.05) is 0 Å². The molecule has 0 unspecified atom stereocenters. The van der Waals surface area contributed by atoms with Crippen molar-refractivity contribution in [1.29, 1.82) is 0 Å². The predicted octanol–water partition coefficient (Wildman–Crippen LogP) is 1.08. The van der Waals surface area contributed by atoms with Crippen molar-refractivity contribution in [3.05, 3.63) is 65.5 Å². The minimum atomic E-state index is -1.45. The molecule has 0 aliphatic carbocycles. The number of carboxylic acids is 1. The summed E-state index contributed by atoms with van der Waals surface area (Å²) in [4.78, 5) is 36.0. The van der Waals surface area contributed by atoms with Gasteiger partial charge in [0.15, 0.2) is 5.76 Å². The molecule has 1 aromatic heterocycles. The molecule has 0 radical (unpaired) electrons. The smallest absolute Gasteiger partial charge is 0.291 e.